The van der Waals surface area contributed by atoms with E-state index >= 15 is 0 Å². The summed E-state index contributed by atoms with van der Waals surface area (Å²) in [5.41, 5.74) is 7.93. The number of hydrogen-bond acceptors (Lipinski definition) is 2. The van der Waals surface area contributed by atoms with Crippen LogP contribution in [-0.2, 0) is 10.3 Å². The van der Waals surface area contributed by atoms with E-state index in [-0.39, 0.29) is 5.78 Å². The predicted molar refractivity (Wildman–Crippen MR) is 69.9 cm³/mol. The second-order valence-electron chi connectivity index (χ2n) is 5.34. The molecule has 0 spiro atoms. The smallest absolute Gasteiger partial charge is 0.157 e. The molecule has 0 heterocycles. The first-order chi connectivity index (χ1) is 8.05. The van der Waals surface area contributed by atoms with E-state index in [1.807, 2.05) is 18.2 Å². The van der Waals surface area contributed by atoms with Crippen molar-refractivity contribution in [2.24, 2.45) is 5.73 Å². The third-order valence-electron chi connectivity index (χ3n) is 3.79. The van der Waals surface area contributed by atoms with Gasteiger partial charge in [0, 0.05) is 6.42 Å². The van der Waals surface area contributed by atoms with E-state index in [0.29, 0.717) is 12.3 Å². The largest absolute Gasteiger partial charge is 0.315 e. The zero-order chi connectivity index (χ0) is 12.5. The lowest BCUT2D eigenvalue weighted by Gasteiger charge is -2.34. The average molecular weight is 231 g/mol. The molecule has 1 aromatic carbocycles. The van der Waals surface area contributed by atoms with Crippen LogP contribution >= 0.6 is 0 Å². The van der Waals surface area contributed by atoms with E-state index in [9.17, 15) is 4.79 Å². The van der Waals surface area contributed by atoms with Gasteiger partial charge in [-0.3, -0.25) is 4.79 Å². The SMILES string of the molecule is CC(C)c1ccccc1C1(N)CCCCC1=O. The summed E-state index contributed by atoms with van der Waals surface area (Å²) in [5.74, 6) is 0.609. The van der Waals surface area contributed by atoms with Gasteiger partial charge in [-0.15, -0.1) is 0 Å². The summed E-state index contributed by atoms with van der Waals surface area (Å²) >= 11 is 0. The molecule has 1 saturated carbocycles. The first kappa shape index (κ1) is 12.3. The summed E-state index contributed by atoms with van der Waals surface area (Å²) in [6.45, 7) is 4.30. The molecule has 1 fully saturated rings. The highest BCUT2D eigenvalue weighted by Gasteiger charge is 2.38. The van der Waals surface area contributed by atoms with E-state index < -0.39 is 5.54 Å². The van der Waals surface area contributed by atoms with Gasteiger partial charge in [0.25, 0.3) is 0 Å². The van der Waals surface area contributed by atoms with Crippen LogP contribution in [0.2, 0.25) is 0 Å². The van der Waals surface area contributed by atoms with Crippen molar-refractivity contribution < 1.29 is 4.79 Å². The molecule has 17 heavy (non-hydrogen) atoms. The molecule has 1 unspecified atom stereocenters. The lowest BCUT2D eigenvalue weighted by molar-refractivity contribution is -0.126. The van der Waals surface area contributed by atoms with Crippen LogP contribution in [0.25, 0.3) is 0 Å². The molecule has 1 atom stereocenters. The number of rotatable bonds is 2. The van der Waals surface area contributed by atoms with Crippen molar-refractivity contribution in [2.75, 3.05) is 0 Å². The van der Waals surface area contributed by atoms with Gasteiger partial charge in [0.15, 0.2) is 5.78 Å². The van der Waals surface area contributed by atoms with Crippen LogP contribution in [0.3, 0.4) is 0 Å². The lowest BCUT2D eigenvalue weighted by atomic mass is 9.73. The van der Waals surface area contributed by atoms with Gasteiger partial charge >= 0.3 is 0 Å². The van der Waals surface area contributed by atoms with E-state index in [0.717, 1.165) is 24.8 Å². The molecule has 1 aromatic rings. The number of carbonyl (C=O) groups is 1. The van der Waals surface area contributed by atoms with Crippen molar-refractivity contribution in [3.8, 4) is 0 Å². The maximum absolute atomic E-state index is 12.2. The summed E-state index contributed by atoms with van der Waals surface area (Å²) in [4.78, 5) is 12.2. The fourth-order valence-electron chi connectivity index (χ4n) is 2.74. The van der Waals surface area contributed by atoms with Crippen molar-refractivity contribution in [2.45, 2.75) is 51.0 Å². The molecule has 0 radical (unpaired) electrons. The fourth-order valence-corrected chi connectivity index (χ4v) is 2.74. The third-order valence-corrected chi connectivity index (χ3v) is 3.79. The van der Waals surface area contributed by atoms with Crippen molar-refractivity contribution in [3.05, 3.63) is 35.4 Å². The number of ketones is 1. The van der Waals surface area contributed by atoms with E-state index in [1.165, 1.54) is 5.56 Å². The molecule has 1 aliphatic rings. The minimum atomic E-state index is -0.737. The van der Waals surface area contributed by atoms with Gasteiger partial charge in [-0.25, -0.2) is 0 Å². The molecule has 92 valence electrons. The minimum absolute atomic E-state index is 0.205. The van der Waals surface area contributed by atoms with E-state index in [1.54, 1.807) is 0 Å². The molecule has 2 rings (SSSR count). The fraction of sp³-hybridized carbons (Fsp3) is 0.533. The quantitative estimate of drug-likeness (QED) is 0.849. The standard InChI is InChI=1S/C15H21NO/c1-11(2)12-7-3-4-8-13(12)15(16)10-6-5-9-14(15)17/h3-4,7-8,11H,5-6,9-10,16H2,1-2H3. The number of carbonyl (C=O) groups excluding carboxylic acids is 1. The molecule has 0 aromatic heterocycles. The normalized spacial score (nSPS) is 25.3. The van der Waals surface area contributed by atoms with Crippen LogP contribution in [-0.4, -0.2) is 5.78 Å². The molecule has 1 aliphatic carbocycles. The van der Waals surface area contributed by atoms with E-state index in [4.69, 9.17) is 5.73 Å². The van der Waals surface area contributed by atoms with Crippen molar-refractivity contribution in [3.63, 3.8) is 0 Å². The summed E-state index contributed by atoms with van der Waals surface area (Å²) in [5, 5.41) is 0. The first-order valence-corrected chi connectivity index (χ1v) is 6.47. The maximum atomic E-state index is 12.2. The monoisotopic (exact) mass is 231 g/mol. The molecule has 0 bridgehead atoms. The van der Waals surface area contributed by atoms with Gasteiger partial charge in [-0.2, -0.15) is 0 Å². The molecule has 2 heteroatoms. The van der Waals surface area contributed by atoms with E-state index in [2.05, 4.69) is 19.9 Å². The van der Waals surface area contributed by atoms with Crippen molar-refractivity contribution in [1.29, 1.82) is 0 Å². The van der Waals surface area contributed by atoms with Crippen LogP contribution in [0.1, 0.15) is 56.6 Å². The van der Waals surface area contributed by atoms with Crippen LogP contribution in [0.5, 0.6) is 0 Å². The molecule has 0 saturated heterocycles. The lowest BCUT2D eigenvalue weighted by Crippen LogP contribution is -2.47. The molecule has 0 aliphatic heterocycles. The average Bonchev–Trinajstić information content (AvgIpc) is 2.33. The summed E-state index contributed by atoms with van der Waals surface area (Å²) in [6, 6.07) is 8.13. The highest BCUT2D eigenvalue weighted by molar-refractivity contribution is 5.90. The van der Waals surface area contributed by atoms with Gasteiger partial charge < -0.3 is 5.73 Å². The Balaban J connectivity index is 2.48. The molecule has 2 nitrogen and oxygen atoms in total. The van der Waals surface area contributed by atoms with Gasteiger partial charge in [0.2, 0.25) is 0 Å². The molecule has 2 N–H and O–H groups in total. The Labute approximate surface area is 103 Å². The zero-order valence-electron chi connectivity index (χ0n) is 10.7. The van der Waals surface area contributed by atoms with Crippen LogP contribution in [0, 0.1) is 0 Å². The Bertz CT molecular complexity index is 425. The topological polar surface area (TPSA) is 43.1 Å². The third kappa shape index (κ3) is 2.14. The predicted octanol–water partition coefficient (Wildman–Crippen LogP) is 3.11. The minimum Gasteiger partial charge on any atom is -0.315 e. The molecular weight excluding hydrogens is 210 g/mol. The highest BCUT2D eigenvalue weighted by Crippen LogP contribution is 2.36. The Morgan fingerprint density at radius 2 is 1.94 bits per heavy atom. The molecular formula is C15H21NO. The Kier molecular flexibility index (Phi) is 3.34. The van der Waals surface area contributed by atoms with Crippen LogP contribution < -0.4 is 5.73 Å². The van der Waals surface area contributed by atoms with Gasteiger partial charge in [-0.1, -0.05) is 44.5 Å². The number of Topliss-reactive ketones (excluding diaryl/α,β-unsaturated/α-hetero) is 1. The number of nitrogens with two attached hydrogens (primary N) is 1. The molecule has 0 amide bonds. The summed E-state index contributed by atoms with van der Waals surface area (Å²) < 4.78 is 0. The second kappa shape index (κ2) is 4.61. The zero-order valence-corrected chi connectivity index (χ0v) is 10.7. The second-order valence-corrected chi connectivity index (χ2v) is 5.34. The van der Waals surface area contributed by atoms with Crippen LogP contribution in [0.15, 0.2) is 24.3 Å². The van der Waals surface area contributed by atoms with Crippen molar-refractivity contribution >= 4 is 5.78 Å². The maximum Gasteiger partial charge on any atom is 0.157 e. The van der Waals surface area contributed by atoms with Crippen LogP contribution in [0.4, 0.5) is 0 Å². The number of hydrogen-bond donors (Lipinski definition) is 1. The number of benzene rings is 1. The summed E-state index contributed by atoms with van der Waals surface area (Å²) in [6.07, 6.45) is 3.45. The first-order valence-electron chi connectivity index (χ1n) is 6.47. The Morgan fingerprint density at radius 3 is 2.59 bits per heavy atom. The Hall–Kier alpha value is -1.15. The highest BCUT2D eigenvalue weighted by atomic mass is 16.1. The summed E-state index contributed by atoms with van der Waals surface area (Å²) in [7, 11) is 0. The van der Waals surface area contributed by atoms with Gasteiger partial charge in [0.1, 0.15) is 5.54 Å². The Morgan fingerprint density at radius 1 is 1.24 bits per heavy atom. The van der Waals surface area contributed by atoms with Crippen molar-refractivity contribution in [1.82, 2.24) is 0 Å². The van der Waals surface area contributed by atoms with Gasteiger partial charge in [-0.05, 0) is 29.9 Å². The van der Waals surface area contributed by atoms with Gasteiger partial charge in [0.05, 0.1) is 0 Å².